The second kappa shape index (κ2) is 7.13. The smallest absolute Gasteiger partial charge is 0.251 e. The highest BCUT2D eigenvalue weighted by molar-refractivity contribution is 5.94. The van der Waals surface area contributed by atoms with Crippen molar-refractivity contribution in [2.75, 3.05) is 25.0 Å². The fourth-order valence-electron chi connectivity index (χ4n) is 2.82. The van der Waals surface area contributed by atoms with E-state index >= 15 is 0 Å². The Bertz CT molecular complexity index is 913. The van der Waals surface area contributed by atoms with Gasteiger partial charge >= 0.3 is 0 Å². The summed E-state index contributed by atoms with van der Waals surface area (Å²) < 4.78 is 1.83. The van der Waals surface area contributed by atoms with Crippen molar-refractivity contribution in [2.45, 2.75) is 12.8 Å². The summed E-state index contributed by atoms with van der Waals surface area (Å²) in [5, 5.41) is 10.8. The monoisotopic (exact) mass is 350 g/mol. The number of imidazole rings is 1. The van der Waals surface area contributed by atoms with Gasteiger partial charge in [0, 0.05) is 30.8 Å². The number of carbonyl (C=O) groups is 1. The highest BCUT2D eigenvalue weighted by Gasteiger charge is 2.20. The molecule has 7 heteroatoms. The molecule has 3 aromatic rings. The number of hydrogen-bond donors (Lipinski definition) is 3. The van der Waals surface area contributed by atoms with Gasteiger partial charge in [-0.2, -0.15) is 0 Å². The molecule has 1 aliphatic rings. The van der Waals surface area contributed by atoms with E-state index in [1.807, 2.05) is 28.8 Å². The van der Waals surface area contributed by atoms with Gasteiger partial charge in [0.2, 0.25) is 0 Å². The number of nitrogens with two attached hydrogens (primary N) is 1. The Morgan fingerprint density at radius 2 is 2.00 bits per heavy atom. The number of anilines is 1. The topological polar surface area (TPSA) is 97.3 Å². The van der Waals surface area contributed by atoms with Crippen molar-refractivity contribution < 1.29 is 4.79 Å². The molecule has 2 aromatic heterocycles. The molecular formula is C19H22N6O. The van der Waals surface area contributed by atoms with Crippen LogP contribution < -0.4 is 16.4 Å². The molecule has 1 saturated carbocycles. The minimum absolute atomic E-state index is 0.121. The third-order valence-electron chi connectivity index (χ3n) is 4.50. The Kier molecular flexibility index (Phi) is 4.53. The summed E-state index contributed by atoms with van der Waals surface area (Å²) >= 11 is 0. The average Bonchev–Trinajstić information content (AvgIpc) is 3.42. The second-order valence-corrected chi connectivity index (χ2v) is 6.58. The van der Waals surface area contributed by atoms with E-state index in [1.54, 1.807) is 18.3 Å². The number of hydrogen-bond acceptors (Lipinski definition) is 5. The van der Waals surface area contributed by atoms with E-state index in [-0.39, 0.29) is 5.91 Å². The molecule has 1 fully saturated rings. The zero-order valence-corrected chi connectivity index (χ0v) is 14.5. The summed E-state index contributed by atoms with van der Waals surface area (Å²) in [5.74, 6) is 1.51. The maximum atomic E-state index is 12.0. The fraction of sp³-hybridized carbons (Fsp3) is 0.316. The van der Waals surface area contributed by atoms with E-state index in [0.29, 0.717) is 18.7 Å². The van der Waals surface area contributed by atoms with Gasteiger partial charge in [0.1, 0.15) is 5.82 Å². The second-order valence-electron chi connectivity index (χ2n) is 6.58. The van der Waals surface area contributed by atoms with Crippen LogP contribution in [0.3, 0.4) is 0 Å². The van der Waals surface area contributed by atoms with Gasteiger partial charge in [-0.05, 0) is 43.0 Å². The van der Waals surface area contributed by atoms with Crippen molar-refractivity contribution in [3.63, 3.8) is 0 Å². The third kappa shape index (κ3) is 3.52. The van der Waals surface area contributed by atoms with E-state index in [9.17, 15) is 4.79 Å². The highest BCUT2D eigenvalue weighted by atomic mass is 16.1. The SMILES string of the molecule is NCCNC(=O)c1ccc(-c2cnc3ccc(NCC4CC4)nn23)cc1. The van der Waals surface area contributed by atoms with Crippen LogP contribution in [0.15, 0.2) is 42.6 Å². The third-order valence-corrected chi connectivity index (χ3v) is 4.50. The van der Waals surface area contributed by atoms with Gasteiger partial charge in [-0.1, -0.05) is 12.1 Å². The largest absolute Gasteiger partial charge is 0.368 e. The first-order valence-electron chi connectivity index (χ1n) is 8.92. The van der Waals surface area contributed by atoms with E-state index in [4.69, 9.17) is 5.73 Å². The Hall–Kier alpha value is -2.93. The Morgan fingerprint density at radius 3 is 2.73 bits per heavy atom. The van der Waals surface area contributed by atoms with Crippen molar-refractivity contribution in [2.24, 2.45) is 11.7 Å². The maximum Gasteiger partial charge on any atom is 0.251 e. The number of benzene rings is 1. The Balaban J connectivity index is 1.57. The lowest BCUT2D eigenvalue weighted by Crippen LogP contribution is -2.28. The molecule has 0 unspecified atom stereocenters. The minimum Gasteiger partial charge on any atom is -0.368 e. The van der Waals surface area contributed by atoms with E-state index in [0.717, 1.165) is 35.2 Å². The molecule has 0 aliphatic heterocycles. The van der Waals surface area contributed by atoms with Crippen LogP contribution in [-0.2, 0) is 0 Å². The summed E-state index contributed by atoms with van der Waals surface area (Å²) in [7, 11) is 0. The quantitative estimate of drug-likeness (QED) is 0.605. The first kappa shape index (κ1) is 16.5. The van der Waals surface area contributed by atoms with Gasteiger partial charge < -0.3 is 16.4 Å². The fourth-order valence-corrected chi connectivity index (χ4v) is 2.82. The summed E-state index contributed by atoms with van der Waals surface area (Å²) in [6.07, 6.45) is 4.41. The first-order valence-corrected chi connectivity index (χ1v) is 8.92. The lowest BCUT2D eigenvalue weighted by Gasteiger charge is -2.07. The van der Waals surface area contributed by atoms with Crippen LogP contribution >= 0.6 is 0 Å². The van der Waals surface area contributed by atoms with E-state index in [2.05, 4.69) is 20.7 Å². The Labute approximate surface area is 151 Å². The lowest BCUT2D eigenvalue weighted by molar-refractivity contribution is 0.0955. The molecule has 26 heavy (non-hydrogen) atoms. The Morgan fingerprint density at radius 1 is 1.19 bits per heavy atom. The molecule has 4 rings (SSSR count). The molecule has 1 aromatic carbocycles. The summed E-state index contributed by atoms with van der Waals surface area (Å²) in [4.78, 5) is 16.4. The summed E-state index contributed by atoms with van der Waals surface area (Å²) in [6, 6.07) is 11.3. The van der Waals surface area contributed by atoms with Gasteiger partial charge in [-0.25, -0.2) is 9.50 Å². The zero-order valence-electron chi connectivity index (χ0n) is 14.5. The molecular weight excluding hydrogens is 328 g/mol. The van der Waals surface area contributed by atoms with Crippen LogP contribution in [0.25, 0.3) is 16.9 Å². The van der Waals surface area contributed by atoms with Crippen LogP contribution in [0.1, 0.15) is 23.2 Å². The van der Waals surface area contributed by atoms with Crippen molar-refractivity contribution in [1.29, 1.82) is 0 Å². The van der Waals surface area contributed by atoms with Crippen molar-refractivity contribution in [3.8, 4) is 11.3 Å². The number of amides is 1. The molecule has 134 valence electrons. The standard InChI is InChI=1S/C19H22N6O/c20-9-10-21-19(26)15-5-3-14(4-6-15)16-12-23-18-8-7-17(24-25(16)18)22-11-13-1-2-13/h3-8,12-13H,1-2,9-11,20H2,(H,21,26)(H,22,24). The summed E-state index contributed by atoms with van der Waals surface area (Å²) in [6.45, 7) is 1.86. The average molecular weight is 350 g/mol. The number of carbonyl (C=O) groups excluding carboxylic acids is 1. The van der Waals surface area contributed by atoms with Crippen LogP contribution in [0.2, 0.25) is 0 Å². The predicted octanol–water partition coefficient (Wildman–Crippen LogP) is 1.91. The predicted molar refractivity (Wildman–Crippen MR) is 101 cm³/mol. The van der Waals surface area contributed by atoms with Gasteiger partial charge in [0.15, 0.2) is 5.65 Å². The molecule has 0 spiro atoms. The number of fused-ring (bicyclic) bond motifs is 1. The summed E-state index contributed by atoms with van der Waals surface area (Å²) in [5.41, 5.74) is 8.66. The molecule has 0 radical (unpaired) electrons. The zero-order chi connectivity index (χ0) is 17.9. The van der Waals surface area contributed by atoms with Crippen molar-refractivity contribution in [1.82, 2.24) is 19.9 Å². The number of rotatable bonds is 7. The van der Waals surface area contributed by atoms with Gasteiger partial charge in [-0.3, -0.25) is 4.79 Å². The van der Waals surface area contributed by atoms with Crippen LogP contribution in [0, 0.1) is 5.92 Å². The molecule has 7 nitrogen and oxygen atoms in total. The lowest BCUT2D eigenvalue weighted by atomic mass is 10.1. The highest BCUT2D eigenvalue weighted by Crippen LogP contribution is 2.29. The molecule has 0 bridgehead atoms. The number of nitrogens with zero attached hydrogens (tertiary/aromatic N) is 3. The van der Waals surface area contributed by atoms with Gasteiger partial charge in [0.25, 0.3) is 5.91 Å². The maximum absolute atomic E-state index is 12.0. The molecule has 1 amide bonds. The van der Waals surface area contributed by atoms with Crippen LogP contribution in [0.5, 0.6) is 0 Å². The van der Waals surface area contributed by atoms with Crippen LogP contribution in [-0.4, -0.2) is 40.1 Å². The molecule has 2 heterocycles. The van der Waals surface area contributed by atoms with Crippen molar-refractivity contribution in [3.05, 3.63) is 48.2 Å². The van der Waals surface area contributed by atoms with Crippen molar-refractivity contribution >= 4 is 17.4 Å². The molecule has 1 aliphatic carbocycles. The number of aromatic nitrogens is 3. The molecule has 0 saturated heterocycles. The minimum atomic E-state index is -0.121. The van der Waals surface area contributed by atoms with E-state index < -0.39 is 0 Å². The van der Waals surface area contributed by atoms with Crippen LogP contribution in [0.4, 0.5) is 5.82 Å². The number of nitrogens with one attached hydrogen (secondary N) is 2. The van der Waals surface area contributed by atoms with Gasteiger partial charge in [0.05, 0.1) is 11.9 Å². The molecule has 4 N–H and O–H groups in total. The normalized spacial score (nSPS) is 13.7. The molecule has 0 atom stereocenters. The first-order chi connectivity index (χ1) is 12.7. The van der Waals surface area contributed by atoms with E-state index in [1.165, 1.54) is 12.8 Å². The van der Waals surface area contributed by atoms with Gasteiger partial charge in [-0.15, -0.1) is 5.10 Å².